The van der Waals surface area contributed by atoms with E-state index in [4.69, 9.17) is 5.73 Å². The van der Waals surface area contributed by atoms with Gasteiger partial charge in [0, 0.05) is 28.0 Å². The molecule has 0 bridgehead atoms. The molecule has 0 saturated heterocycles. The number of benzene rings is 1. The molecular formula is C14H17F3N2OS. The molecule has 4 N–H and O–H groups in total. The first kappa shape index (κ1) is 16.0. The summed E-state index contributed by atoms with van der Waals surface area (Å²) in [4.78, 5) is 2.87. The van der Waals surface area contributed by atoms with E-state index < -0.39 is 17.3 Å². The summed E-state index contributed by atoms with van der Waals surface area (Å²) in [6, 6.07) is 3.90. The van der Waals surface area contributed by atoms with Gasteiger partial charge in [-0.2, -0.15) is 24.9 Å². The van der Waals surface area contributed by atoms with Gasteiger partial charge in [0.25, 0.3) is 0 Å². The molecule has 0 aliphatic heterocycles. The van der Waals surface area contributed by atoms with Gasteiger partial charge in [0.1, 0.15) is 5.60 Å². The van der Waals surface area contributed by atoms with Crippen molar-refractivity contribution >= 4 is 28.4 Å². The number of nitrogens with one attached hydrogen (secondary N) is 1. The van der Waals surface area contributed by atoms with Crippen LogP contribution in [0.2, 0.25) is 0 Å². The Balaban J connectivity index is 2.47. The summed E-state index contributed by atoms with van der Waals surface area (Å²) in [6.45, 7) is 3.61. The predicted octanol–water partition coefficient (Wildman–Crippen LogP) is 3.73. The topological polar surface area (TPSA) is 62.0 Å². The number of rotatable bonds is 4. The van der Waals surface area contributed by atoms with Gasteiger partial charge in [-0.3, -0.25) is 0 Å². The Morgan fingerprint density at radius 1 is 1.29 bits per heavy atom. The van der Waals surface area contributed by atoms with Gasteiger partial charge in [0.2, 0.25) is 0 Å². The van der Waals surface area contributed by atoms with Gasteiger partial charge >= 0.3 is 6.18 Å². The predicted molar refractivity (Wildman–Crippen MR) is 80.3 cm³/mol. The van der Waals surface area contributed by atoms with Gasteiger partial charge in [-0.25, -0.2) is 0 Å². The number of nitrogen functional groups attached to an aromatic ring is 1. The number of nitrogens with two attached hydrogens (primary N) is 1. The van der Waals surface area contributed by atoms with Gasteiger partial charge in [0.15, 0.2) is 0 Å². The van der Waals surface area contributed by atoms with Crippen molar-refractivity contribution in [2.24, 2.45) is 0 Å². The van der Waals surface area contributed by atoms with Crippen LogP contribution >= 0.6 is 11.8 Å². The number of H-pyrrole nitrogens is 1. The van der Waals surface area contributed by atoms with Crippen LogP contribution in [0.15, 0.2) is 18.2 Å². The number of hydrogen-bond acceptors (Lipinski definition) is 3. The highest BCUT2D eigenvalue weighted by atomic mass is 32.2. The summed E-state index contributed by atoms with van der Waals surface area (Å²) in [5.41, 5.74) is 3.95. The Labute approximate surface area is 124 Å². The lowest BCUT2D eigenvalue weighted by Gasteiger charge is -2.21. The van der Waals surface area contributed by atoms with Gasteiger partial charge < -0.3 is 15.8 Å². The molecule has 0 amide bonds. The summed E-state index contributed by atoms with van der Waals surface area (Å²) < 4.78 is 38.5. The highest BCUT2D eigenvalue weighted by molar-refractivity contribution is 7.99. The number of aromatic nitrogens is 1. The second-order valence-electron chi connectivity index (χ2n) is 5.12. The lowest BCUT2D eigenvalue weighted by Crippen LogP contribution is -2.24. The van der Waals surface area contributed by atoms with E-state index in [1.54, 1.807) is 24.8 Å². The second-order valence-corrected chi connectivity index (χ2v) is 6.39. The zero-order valence-electron chi connectivity index (χ0n) is 11.7. The average Bonchev–Trinajstić information content (AvgIpc) is 2.77. The minimum absolute atomic E-state index is 0.313. The zero-order valence-corrected chi connectivity index (χ0v) is 12.5. The molecular weight excluding hydrogens is 301 g/mol. The number of thioether (sulfide) groups is 1. The lowest BCUT2D eigenvalue weighted by molar-refractivity contribution is -0.136. The lowest BCUT2D eigenvalue weighted by atomic mass is 10.1. The Kier molecular flexibility index (Phi) is 4.17. The largest absolute Gasteiger partial charge is 0.418 e. The Morgan fingerprint density at radius 2 is 1.95 bits per heavy atom. The van der Waals surface area contributed by atoms with Gasteiger partial charge in [-0.1, -0.05) is 6.92 Å². The van der Waals surface area contributed by atoms with E-state index in [0.29, 0.717) is 22.3 Å². The van der Waals surface area contributed by atoms with Crippen LogP contribution in [-0.4, -0.2) is 21.6 Å². The zero-order chi connectivity index (χ0) is 15.8. The standard InChI is InChI=1S/C14H17F3N2OS/c1-3-21-7-13(2,20)12-5-8-4-10(18)9(14(15,16)17)6-11(8)19-12/h4-6,19-20H,3,7,18H2,1-2H3/t13-/m0/s1. The quantitative estimate of drug-likeness (QED) is 0.753. The first-order chi connectivity index (χ1) is 9.65. The second kappa shape index (κ2) is 5.46. The highest BCUT2D eigenvalue weighted by Gasteiger charge is 2.34. The van der Waals surface area contributed by atoms with Crippen molar-refractivity contribution in [1.82, 2.24) is 4.98 Å². The van der Waals surface area contributed by atoms with Crippen LogP contribution in [0, 0.1) is 0 Å². The molecule has 0 aliphatic rings. The molecule has 7 heteroatoms. The molecule has 1 aromatic carbocycles. The summed E-state index contributed by atoms with van der Waals surface area (Å²) in [5, 5.41) is 11.0. The molecule has 1 heterocycles. The third-order valence-electron chi connectivity index (χ3n) is 3.26. The van der Waals surface area contributed by atoms with Crippen LogP contribution in [0.4, 0.5) is 18.9 Å². The molecule has 1 aromatic heterocycles. The first-order valence-corrected chi connectivity index (χ1v) is 7.60. The number of alkyl halides is 3. The maximum atomic E-state index is 12.8. The van der Waals surface area contributed by atoms with Crippen molar-refractivity contribution in [2.45, 2.75) is 25.6 Å². The molecule has 2 aromatic rings. The Hall–Kier alpha value is -1.34. The van der Waals surface area contributed by atoms with E-state index >= 15 is 0 Å². The van der Waals surface area contributed by atoms with E-state index in [0.717, 1.165) is 11.8 Å². The van der Waals surface area contributed by atoms with E-state index in [9.17, 15) is 18.3 Å². The SMILES string of the molecule is CCSC[C@](C)(O)c1cc2cc(N)c(C(F)(F)F)cc2[nH]1. The molecule has 0 radical (unpaired) electrons. The summed E-state index contributed by atoms with van der Waals surface area (Å²) in [6.07, 6.45) is -4.50. The number of fused-ring (bicyclic) bond motifs is 1. The van der Waals surface area contributed by atoms with Crippen molar-refractivity contribution in [3.63, 3.8) is 0 Å². The Morgan fingerprint density at radius 3 is 2.52 bits per heavy atom. The van der Waals surface area contributed by atoms with Crippen LogP contribution < -0.4 is 5.73 Å². The summed E-state index contributed by atoms with van der Waals surface area (Å²) >= 11 is 1.56. The minimum Gasteiger partial charge on any atom is -0.398 e. The van der Waals surface area contributed by atoms with Crippen molar-refractivity contribution in [1.29, 1.82) is 0 Å². The fraction of sp³-hybridized carbons (Fsp3) is 0.429. The van der Waals surface area contributed by atoms with Crippen molar-refractivity contribution in [2.75, 3.05) is 17.2 Å². The number of anilines is 1. The monoisotopic (exact) mass is 318 g/mol. The molecule has 3 nitrogen and oxygen atoms in total. The van der Waals surface area contributed by atoms with Crippen LogP contribution in [0.3, 0.4) is 0 Å². The summed E-state index contributed by atoms with van der Waals surface area (Å²) in [5.74, 6) is 1.31. The van der Waals surface area contributed by atoms with Crippen LogP contribution in [0.25, 0.3) is 10.9 Å². The molecule has 2 rings (SSSR count). The molecule has 0 saturated carbocycles. The maximum absolute atomic E-state index is 12.8. The van der Waals surface area contributed by atoms with Crippen LogP contribution in [-0.2, 0) is 11.8 Å². The molecule has 0 fully saturated rings. The smallest absolute Gasteiger partial charge is 0.398 e. The number of aromatic amines is 1. The normalized spacial score (nSPS) is 15.3. The van der Waals surface area contributed by atoms with E-state index in [-0.39, 0.29) is 5.69 Å². The van der Waals surface area contributed by atoms with Crippen molar-refractivity contribution in [3.05, 3.63) is 29.5 Å². The van der Waals surface area contributed by atoms with Crippen LogP contribution in [0.5, 0.6) is 0 Å². The van der Waals surface area contributed by atoms with E-state index in [1.165, 1.54) is 6.07 Å². The first-order valence-electron chi connectivity index (χ1n) is 6.45. The molecule has 0 aliphatic carbocycles. The maximum Gasteiger partial charge on any atom is 0.418 e. The number of aliphatic hydroxyl groups is 1. The molecule has 0 spiro atoms. The van der Waals surface area contributed by atoms with Gasteiger partial charge in [0.05, 0.1) is 5.56 Å². The Bertz CT molecular complexity index is 649. The van der Waals surface area contributed by atoms with Gasteiger partial charge in [-0.05, 0) is 30.9 Å². The minimum atomic E-state index is -4.50. The van der Waals surface area contributed by atoms with E-state index in [2.05, 4.69) is 4.98 Å². The number of hydrogen-bond donors (Lipinski definition) is 3. The third-order valence-corrected chi connectivity index (χ3v) is 4.44. The van der Waals surface area contributed by atoms with Crippen molar-refractivity contribution in [3.8, 4) is 0 Å². The fourth-order valence-electron chi connectivity index (χ4n) is 2.11. The molecule has 21 heavy (non-hydrogen) atoms. The van der Waals surface area contributed by atoms with E-state index in [1.807, 2.05) is 6.92 Å². The molecule has 0 unspecified atom stereocenters. The number of halogens is 3. The highest BCUT2D eigenvalue weighted by Crippen LogP contribution is 2.37. The summed E-state index contributed by atoms with van der Waals surface area (Å²) in [7, 11) is 0. The molecule has 116 valence electrons. The average molecular weight is 318 g/mol. The van der Waals surface area contributed by atoms with Crippen molar-refractivity contribution < 1.29 is 18.3 Å². The third kappa shape index (κ3) is 3.29. The molecule has 1 atom stereocenters. The van der Waals surface area contributed by atoms with Crippen LogP contribution in [0.1, 0.15) is 25.1 Å². The van der Waals surface area contributed by atoms with Gasteiger partial charge in [-0.15, -0.1) is 0 Å². The fourth-order valence-corrected chi connectivity index (χ4v) is 2.87.